The first-order valence-electron chi connectivity index (χ1n) is 10.4. The number of aromatic amines is 1. The van der Waals surface area contributed by atoms with Crippen molar-refractivity contribution in [2.45, 2.75) is 55.4 Å². The second kappa shape index (κ2) is 12.1. The second-order valence-corrected chi connectivity index (χ2v) is 10.7. The molecule has 0 bridgehead atoms. The second-order valence-electron chi connectivity index (χ2n) is 7.81. The summed E-state index contributed by atoms with van der Waals surface area (Å²) >= 11 is 0. The Balaban J connectivity index is 1.66. The van der Waals surface area contributed by atoms with Gasteiger partial charge in [-0.3, -0.25) is 32.5 Å². The van der Waals surface area contributed by atoms with Crippen LogP contribution in [-0.2, 0) is 36.7 Å². The Bertz CT molecular complexity index is 1230. The maximum absolute atomic E-state index is 12.2. The fourth-order valence-electron chi connectivity index (χ4n) is 3.36. The van der Waals surface area contributed by atoms with Crippen LogP contribution in [0.3, 0.4) is 0 Å². The standard InChI is InChI=1S/C17H24N2O17P2/c1-2-5-31-6-7-9(21)10(22)12(24)15(32-7)34-37(27,28)36-38(29,30)35-16-13(25)11(23)14(33-16)19-4-3-8(20)18-17(19)26/h1,3-4,7,9-16,21-25H,5-6H2,(H,27,28)(H,29,30)(H,18,20,26)/p-2/t7?,9-,10-,11?,12?,13+,14+,15-,16+/m0/s1. The molecule has 2 aliphatic heterocycles. The molecule has 21 heteroatoms. The van der Waals surface area contributed by atoms with Gasteiger partial charge in [0.15, 0.2) is 18.8 Å². The lowest BCUT2D eigenvalue weighted by atomic mass is 9.99. The third-order valence-electron chi connectivity index (χ3n) is 5.12. The highest BCUT2D eigenvalue weighted by molar-refractivity contribution is 7.59. The van der Waals surface area contributed by atoms with Crippen LogP contribution in [0.5, 0.6) is 0 Å². The maximum atomic E-state index is 12.2. The van der Waals surface area contributed by atoms with Crippen LogP contribution in [0.4, 0.5) is 0 Å². The Labute approximate surface area is 211 Å². The van der Waals surface area contributed by atoms with Crippen molar-refractivity contribution in [1.29, 1.82) is 0 Å². The molecule has 2 aliphatic rings. The molecular weight excluding hydrogens is 566 g/mol. The van der Waals surface area contributed by atoms with Crippen LogP contribution >= 0.6 is 15.6 Å². The minimum Gasteiger partial charge on any atom is -0.756 e. The number of nitrogens with one attached hydrogen (secondary N) is 1. The molecular formula is C17H22N2O17P2-2. The molecule has 0 saturated carbocycles. The van der Waals surface area contributed by atoms with Crippen LogP contribution in [-0.4, -0.2) is 97.5 Å². The van der Waals surface area contributed by atoms with Crippen LogP contribution in [0.1, 0.15) is 6.23 Å². The molecule has 6 N–H and O–H groups in total. The molecule has 0 amide bonds. The van der Waals surface area contributed by atoms with Gasteiger partial charge in [0.2, 0.25) is 0 Å². The molecule has 3 rings (SSSR count). The SMILES string of the molecule is C#CCOCC1O[C@@H](OP(=O)([O-])OP(=O)([O-])O[C@H]2O[C@@H](n3ccc(=O)[nH]c3=O)C(O)[C@H]2O)C(O)[C@@H](O)[C@H]1O. The fraction of sp³-hybridized carbons (Fsp3) is 0.647. The molecule has 11 atom stereocenters. The third kappa shape index (κ3) is 7.22. The fourth-order valence-corrected chi connectivity index (χ4v) is 5.51. The van der Waals surface area contributed by atoms with Gasteiger partial charge >= 0.3 is 5.69 Å². The molecule has 38 heavy (non-hydrogen) atoms. The van der Waals surface area contributed by atoms with Crippen molar-refractivity contribution in [2.75, 3.05) is 13.2 Å². The number of hydrogen-bond acceptors (Lipinski definition) is 17. The van der Waals surface area contributed by atoms with Crippen LogP contribution in [0.2, 0.25) is 0 Å². The average Bonchev–Trinajstić information content (AvgIpc) is 3.07. The number of aliphatic hydroxyl groups is 5. The van der Waals surface area contributed by atoms with Gasteiger partial charge in [-0.2, -0.15) is 0 Å². The van der Waals surface area contributed by atoms with Crippen LogP contribution in [0, 0.1) is 12.3 Å². The zero-order valence-corrected chi connectivity index (χ0v) is 20.6. The van der Waals surface area contributed by atoms with Gasteiger partial charge in [-0.25, -0.2) is 9.11 Å². The van der Waals surface area contributed by atoms with Gasteiger partial charge in [-0.1, -0.05) is 5.92 Å². The van der Waals surface area contributed by atoms with Gasteiger partial charge < -0.3 is 49.5 Å². The number of terminal acetylenes is 1. The van der Waals surface area contributed by atoms with Crippen molar-refractivity contribution >= 4 is 15.6 Å². The van der Waals surface area contributed by atoms with Gasteiger partial charge in [-0.15, -0.1) is 6.42 Å². The zero-order chi connectivity index (χ0) is 28.4. The summed E-state index contributed by atoms with van der Waals surface area (Å²) in [5.41, 5.74) is -1.91. The van der Waals surface area contributed by atoms with E-state index in [4.69, 9.17) is 20.6 Å². The van der Waals surface area contributed by atoms with Crippen LogP contribution in [0.15, 0.2) is 21.9 Å². The monoisotopic (exact) mass is 588 g/mol. The molecule has 0 aromatic carbocycles. The van der Waals surface area contributed by atoms with Crippen molar-refractivity contribution in [3.63, 3.8) is 0 Å². The average molecular weight is 588 g/mol. The summed E-state index contributed by atoms with van der Waals surface area (Å²) in [6, 6.07) is 0.855. The van der Waals surface area contributed by atoms with E-state index in [0.29, 0.717) is 4.57 Å². The molecule has 0 spiro atoms. The highest BCUT2D eigenvalue weighted by atomic mass is 31.3. The number of rotatable bonds is 10. The lowest BCUT2D eigenvalue weighted by Gasteiger charge is -2.42. The third-order valence-corrected chi connectivity index (χ3v) is 7.65. The lowest BCUT2D eigenvalue weighted by Crippen LogP contribution is -2.59. The first kappa shape index (κ1) is 30.7. The number of aliphatic hydroxyl groups excluding tert-OH is 5. The van der Waals surface area contributed by atoms with Crippen LogP contribution < -0.4 is 21.0 Å². The lowest BCUT2D eigenvalue weighted by molar-refractivity contribution is -0.307. The summed E-state index contributed by atoms with van der Waals surface area (Å²) in [7, 11) is -12.0. The predicted molar refractivity (Wildman–Crippen MR) is 112 cm³/mol. The first-order chi connectivity index (χ1) is 17.7. The molecule has 19 nitrogen and oxygen atoms in total. The van der Waals surface area contributed by atoms with Crippen molar-refractivity contribution in [1.82, 2.24) is 9.55 Å². The Morgan fingerprint density at radius 1 is 0.974 bits per heavy atom. The minimum absolute atomic E-state index is 0.252. The van der Waals surface area contributed by atoms with Crippen molar-refractivity contribution in [3.8, 4) is 12.3 Å². The van der Waals surface area contributed by atoms with E-state index in [1.807, 2.05) is 4.98 Å². The molecule has 1 aromatic heterocycles. The Hall–Kier alpha value is -1.82. The van der Waals surface area contributed by atoms with Gasteiger partial charge in [0, 0.05) is 12.3 Å². The van der Waals surface area contributed by atoms with E-state index in [-0.39, 0.29) is 6.61 Å². The number of ether oxygens (including phenoxy) is 3. The highest BCUT2D eigenvalue weighted by Gasteiger charge is 2.48. The van der Waals surface area contributed by atoms with E-state index in [1.165, 1.54) is 0 Å². The Kier molecular flexibility index (Phi) is 9.82. The van der Waals surface area contributed by atoms with E-state index in [9.17, 15) is 54.0 Å². The van der Waals surface area contributed by atoms with E-state index < -0.39 is 88.9 Å². The number of nitrogens with zero attached hydrogens (tertiary/aromatic N) is 1. The van der Waals surface area contributed by atoms with E-state index >= 15 is 0 Å². The topological polar surface area (TPSA) is 292 Å². The molecule has 0 radical (unpaired) electrons. The highest BCUT2D eigenvalue weighted by Crippen LogP contribution is 2.58. The van der Waals surface area contributed by atoms with E-state index in [1.54, 1.807) is 0 Å². The number of phosphoric ester groups is 2. The van der Waals surface area contributed by atoms with Gasteiger partial charge in [-0.05, 0) is 0 Å². The summed E-state index contributed by atoms with van der Waals surface area (Å²) in [5.74, 6) is 2.10. The molecule has 1 aromatic rings. The van der Waals surface area contributed by atoms with Crippen LogP contribution in [0.25, 0.3) is 0 Å². The normalized spacial score (nSPS) is 36.7. The van der Waals surface area contributed by atoms with Gasteiger partial charge in [0.1, 0.15) is 43.2 Å². The molecule has 0 aliphatic carbocycles. The van der Waals surface area contributed by atoms with Gasteiger partial charge in [0.05, 0.1) is 6.61 Å². The van der Waals surface area contributed by atoms with E-state index in [2.05, 4.69) is 19.3 Å². The Morgan fingerprint density at radius 3 is 2.13 bits per heavy atom. The van der Waals surface area contributed by atoms with Gasteiger partial charge in [0.25, 0.3) is 21.2 Å². The first-order valence-corrected chi connectivity index (χ1v) is 13.3. The van der Waals surface area contributed by atoms with Crippen molar-refractivity contribution < 1.29 is 72.0 Å². The van der Waals surface area contributed by atoms with E-state index in [0.717, 1.165) is 12.3 Å². The number of hydrogen-bond donors (Lipinski definition) is 6. The molecule has 3 heterocycles. The summed E-state index contributed by atoms with van der Waals surface area (Å²) in [6.07, 6.45) is -12.2. The number of phosphoric acid groups is 2. The molecule has 2 saturated heterocycles. The maximum Gasteiger partial charge on any atom is 0.330 e. The summed E-state index contributed by atoms with van der Waals surface area (Å²) in [5, 5.41) is 50.0. The number of H-pyrrole nitrogens is 1. The summed E-state index contributed by atoms with van der Waals surface area (Å²) in [6.45, 7) is -0.737. The molecule has 214 valence electrons. The minimum atomic E-state index is -6.00. The number of aromatic nitrogens is 2. The zero-order valence-electron chi connectivity index (χ0n) is 18.8. The van der Waals surface area contributed by atoms with Crippen molar-refractivity contribution in [3.05, 3.63) is 33.1 Å². The quantitative estimate of drug-likeness (QED) is 0.0844. The molecule has 2 fully saturated rings. The van der Waals surface area contributed by atoms with Crippen molar-refractivity contribution in [2.24, 2.45) is 0 Å². The smallest absolute Gasteiger partial charge is 0.330 e. The largest absolute Gasteiger partial charge is 0.756 e. The summed E-state index contributed by atoms with van der Waals surface area (Å²) < 4.78 is 52.5. The predicted octanol–water partition coefficient (Wildman–Crippen LogP) is -5.44. The Morgan fingerprint density at radius 2 is 1.55 bits per heavy atom. The summed E-state index contributed by atoms with van der Waals surface area (Å²) in [4.78, 5) is 49.3. The molecule has 5 unspecified atom stereocenters.